The number of aromatic nitrogens is 1. The number of benzene rings is 2. The highest BCUT2D eigenvalue weighted by Gasteiger charge is 2.24. The number of rotatable bonds is 7. The summed E-state index contributed by atoms with van der Waals surface area (Å²) in [5, 5.41) is 3.57. The summed E-state index contributed by atoms with van der Waals surface area (Å²) in [5.41, 5.74) is 3.30. The first-order valence-corrected chi connectivity index (χ1v) is 10.6. The molecule has 0 fully saturated rings. The lowest BCUT2D eigenvalue weighted by molar-refractivity contribution is -0.133. The molecule has 3 aromatic rings. The third kappa shape index (κ3) is 4.57. The van der Waals surface area contributed by atoms with Crippen LogP contribution in [0, 0.1) is 5.82 Å². The van der Waals surface area contributed by atoms with E-state index in [2.05, 4.69) is 10.3 Å². The Balaban J connectivity index is 1.38. The number of nitrogens with one attached hydrogen (secondary N) is 2. The summed E-state index contributed by atoms with van der Waals surface area (Å²) in [6, 6.07) is 7.87. The van der Waals surface area contributed by atoms with Crippen LogP contribution in [0.3, 0.4) is 0 Å². The Morgan fingerprint density at radius 1 is 1.06 bits per heavy atom. The number of H-pyrrole nitrogens is 1. The zero-order chi connectivity index (χ0) is 23.5. The maximum atomic E-state index is 13.7. The minimum atomic E-state index is -0.309. The number of fused-ring (bicyclic) bond motifs is 3. The van der Waals surface area contributed by atoms with Crippen LogP contribution in [0.2, 0.25) is 0 Å². The Morgan fingerprint density at radius 2 is 1.79 bits per heavy atom. The number of carbonyl (C=O) groups is 2. The molecule has 4 rings (SSSR count). The van der Waals surface area contributed by atoms with Crippen LogP contribution in [0.5, 0.6) is 17.2 Å². The molecule has 0 atom stereocenters. The van der Waals surface area contributed by atoms with Gasteiger partial charge in [0.2, 0.25) is 17.6 Å². The van der Waals surface area contributed by atoms with E-state index in [9.17, 15) is 14.0 Å². The molecule has 2 amide bonds. The van der Waals surface area contributed by atoms with Crippen LogP contribution < -0.4 is 19.5 Å². The third-order valence-corrected chi connectivity index (χ3v) is 5.80. The van der Waals surface area contributed by atoms with Gasteiger partial charge in [0.1, 0.15) is 5.82 Å². The maximum absolute atomic E-state index is 13.7. The molecule has 0 bridgehead atoms. The quantitative estimate of drug-likeness (QED) is 0.568. The number of nitrogens with zero attached hydrogens (tertiary/aromatic N) is 1. The maximum Gasteiger partial charge on any atom is 0.224 e. The zero-order valence-corrected chi connectivity index (χ0v) is 18.8. The van der Waals surface area contributed by atoms with Crippen molar-refractivity contribution in [1.82, 2.24) is 9.88 Å². The second-order valence-corrected chi connectivity index (χ2v) is 7.80. The first-order valence-electron chi connectivity index (χ1n) is 10.6. The summed E-state index contributed by atoms with van der Waals surface area (Å²) in [6.07, 6.45) is 0.763. The highest BCUT2D eigenvalue weighted by Crippen LogP contribution is 2.40. The largest absolute Gasteiger partial charge is 0.493 e. The number of amides is 2. The summed E-state index contributed by atoms with van der Waals surface area (Å²) in [4.78, 5) is 30.3. The van der Waals surface area contributed by atoms with Gasteiger partial charge < -0.3 is 29.4 Å². The Kier molecular flexibility index (Phi) is 6.39. The average molecular weight is 455 g/mol. The number of carbonyl (C=O) groups excluding carboxylic acids is 2. The molecule has 2 aromatic carbocycles. The van der Waals surface area contributed by atoms with E-state index in [1.165, 1.54) is 33.5 Å². The summed E-state index contributed by atoms with van der Waals surface area (Å²) in [6.45, 7) is 0.946. The Hall–Kier alpha value is -3.75. The highest BCUT2D eigenvalue weighted by molar-refractivity contribution is 5.94. The summed E-state index contributed by atoms with van der Waals surface area (Å²) in [7, 11) is 4.49. The molecule has 0 saturated carbocycles. The number of methoxy groups -OCH3 is 3. The van der Waals surface area contributed by atoms with Crippen LogP contribution in [-0.2, 0) is 22.6 Å². The van der Waals surface area contributed by atoms with Gasteiger partial charge in [0.05, 0.1) is 21.3 Å². The van der Waals surface area contributed by atoms with Gasteiger partial charge in [-0.3, -0.25) is 9.59 Å². The van der Waals surface area contributed by atoms with Crippen LogP contribution in [0.25, 0.3) is 10.9 Å². The van der Waals surface area contributed by atoms with Crippen LogP contribution in [0.1, 0.15) is 24.1 Å². The normalized spacial score (nSPS) is 12.9. The zero-order valence-electron chi connectivity index (χ0n) is 18.8. The molecule has 1 aliphatic heterocycles. The van der Waals surface area contributed by atoms with Crippen LogP contribution in [-0.4, -0.2) is 49.6 Å². The standard InChI is InChI=1S/C24H26FN3O5/c1-31-20-11-15(12-21(32-2)24(20)33-3)26-22(29)6-7-23(30)28-9-8-19-17(13-28)16-10-14(25)4-5-18(16)27-19/h4-5,10-12,27H,6-9,13H2,1-3H3,(H,26,29). The van der Waals surface area contributed by atoms with Crippen LogP contribution in [0.15, 0.2) is 30.3 Å². The lowest BCUT2D eigenvalue weighted by atomic mass is 10.0. The van der Waals surface area contributed by atoms with Gasteiger partial charge in [-0.05, 0) is 18.2 Å². The van der Waals surface area contributed by atoms with E-state index in [1.807, 2.05) is 0 Å². The second-order valence-electron chi connectivity index (χ2n) is 7.80. The van der Waals surface area contributed by atoms with Crippen LogP contribution in [0.4, 0.5) is 10.1 Å². The molecule has 9 heteroatoms. The molecule has 8 nitrogen and oxygen atoms in total. The van der Waals surface area contributed by atoms with Crippen molar-refractivity contribution in [3.63, 3.8) is 0 Å². The summed E-state index contributed by atoms with van der Waals surface area (Å²) < 4.78 is 29.6. The minimum absolute atomic E-state index is 0.0291. The van der Waals surface area contributed by atoms with Gasteiger partial charge >= 0.3 is 0 Å². The van der Waals surface area contributed by atoms with Crippen molar-refractivity contribution in [2.45, 2.75) is 25.8 Å². The molecule has 174 valence electrons. The number of ether oxygens (including phenoxy) is 3. The molecule has 2 N–H and O–H groups in total. The third-order valence-electron chi connectivity index (χ3n) is 5.80. The van der Waals surface area contributed by atoms with Crippen molar-refractivity contribution >= 4 is 28.4 Å². The Morgan fingerprint density at radius 3 is 2.45 bits per heavy atom. The van der Waals surface area contributed by atoms with Gasteiger partial charge in [-0.25, -0.2) is 4.39 Å². The van der Waals surface area contributed by atoms with Gasteiger partial charge in [0.15, 0.2) is 11.5 Å². The average Bonchev–Trinajstić information content (AvgIpc) is 3.18. The fraction of sp³-hybridized carbons (Fsp3) is 0.333. The fourth-order valence-electron chi connectivity index (χ4n) is 4.15. The van der Waals surface area contributed by atoms with Crippen molar-refractivity contribution < 1.29 is 28.2 Å². The first-order chi connectivity index (χ1) is 15.9. The van der Waals surface area contributed by atoms with E-state index in [0.29, 0.717) is 42.4 Å². The second kappa shape index (κ2) is 9.40. The van der Waals surface area contributed by atoms with Crippen molar-refractivity contribution in [3.05, 3.63) is 47.4 Å². The van der Waals surface area contributed by atoms with Crippen molar-refractivity contribution in [3.8, 4) is 17.2 Å². The number of hydrogen-bond donors (Lipinski definition) is 2. The van der Waals surface area contributed by atoms with Gasteiger partial charge in [-0.2, -0.15) is 0 Å². The summed E-state index contributed by atoms with van der Waals surface area (Å²) >= 11 is 0. The molecule has 1 aromatic heterocycles. The van der Waals surface area contributed by atoms with E-state index in [-0.39, 0.29) is 30.5 Å². The number of hydrogen-bond acceptors (Lipinski definition) is 5. The minimum Gasteiger partial charge on any atom is -0.493 e. The number of aromatic amines is 1. The number of anilines is 1. The van der Waals surface area contributed by atoms with E-state index in [4.69, 9.17) is 14.2 Å². The molecular formula is C24H26FN3O5. The Bertz CT molecular complexity index is 1180. The van der Waals surface area contributed by atoms with Crippen molar-refractivity contribution in [1.29, 1.82) is 0 Å². The topological polar surface area (TPSA) is 92.9 Å². The van der Waals surface area contributed by atoms with E-state index in [1.54, 1.807) is 23.1 Å². The molecule has 0 saturated heterocycles. The van der Waals surface area contributed by atoms with Crippen molar-refractivity contribution in [2.24, 2.45) is 0 Å². The lowest BCUT2D eigenvalue weighted by Gasteiger charge is -2.27. The van der Waals surface area contributed by atoms with E-state index < -0.39 is 0 Å². The van der Waals surface area contributed by atoms with Gasteiger partial charge in [-0.15, -0.1) is 0 Å². The molecule has 2 heterocycles. The number of halogens is 1. The molecule has 0 radical (unpaired) electrons. The van der Waals surface area contributed by atoms with Crippen molar-refractivity contribution in [2.75, 3.05) is 33.2 Å². The molecule has 0 aliphatic carbocycles. The molecular weight excluding hydrogens is 429 g/mol. The first kappa shape index (κ1) is 22.4. The molecule has 0 spiro atoms. The SMILES string of the molecule is COc1cc(NC(=O)CCC(=O)N2CCc3[nH]c4ccc(F)cc4c3C2)cc(OC)c1OC. The smallest absolute Gasteiger partial charge is 0.224 e. The molecule has 33 heavy (non-hydrogen) atoms. The monoisotopic (exact) mass is 455 g/mol. The highest BCUT2D eigenvalue weighted by atomic mass is 19.1. The Labute approximate surface area is 190 Å². The molecule has 0 unspecified atom stereocenters. The lowest BCUT2D eigenvalue weighted by Crippen LogP contribution is -2.36. The fourth-order valence-corrected chi connectivity index (χ4v) is 4.15. The predicted molar refractivity (Wildman–Crippen MR) is 121 cm³/mol. The van der Waals surface area contributed by atoms with E-state index in [0.717, 1.165) is 22.2 Å². The predicted octanol–water partition coefficient (Wildman–Crippen LogP) is 3.64. The van der Waals surface area contributed by atoms with Gasteiger partial charge in [-0.1, -0.05) is 0 Å². The van der Waals surface area contributed by atoms with Crippen LogP contribution >= 0.6 is 0 Å². The van der Waals surface area contributed by atoms with Gasteiger partial charge in [0.25, 0.3) is 0 Å². The van der Waals surface area contributed by atoms with Gasteiger partial charge in [0, 0.05) is 72.3 Å². The summed E-state index contributed by atoms with van der Waals surface area (Å²) in [5.74, 6) is 0.534. The van der Waals surface area contributed by atoms with E-state index >= 15 is 0 Å². The molecule has 1 aliphatic rings.